The van der Waals surface area contributed by atoms with Gasteiger partial charge >= 0.3 is 0 Å². The quantitative estimate of drug-likeness (QED) is 0.206. The number of carbonyl (C=O) groups is 1. The van der Waals surface area contributed by atoms with E-state index in [0.29, 0.717) is 10.0 Å². The molecule has 196 valence electrons. The molecule has 4 rings (SSSR count). The molecule has 4 aromatic rings. The molecule has 0 unspecified atom stereocenters. The molecular formula is C28H26Cl2N4O3S. The molecule has 1 amide bonds. The van der Waals surface area contributed by atoms with Crippen LogP contribution < -0.4 is 5.43 Å². The lowest BCUT2D eigenvalue weighted by Gasteiger charge is -2.21. The molecule has 0 radical (unpaired) electrons. The fourth-order valence-corrected chi connectivity index (χ4v) is 5.84. The fourth-order valence-electron chi connectivity index (χ4n) is 4.07. The average molecular weight is 570 g/mol. The molecule has 38 heavy (non-hydrogen) atoms. The van der Waals surface area contributed by atoms with E-state index in [4.69, 9.17) is 23.2 Å². The van der Waals surface area contributed by atoms with Crippen molar-refractivity contribution in [2.24, 2.45) is 5.10 Å². The molecule has 0 spiro atoms. The minimum absolute atomic E-state index is 0.0384. The zero-order valence-electron chi connectivity index (χ0n) is 20.8. The number of carbonyl (C=O) groups excluding carboxylic acids is 1. The minimum atomic E-state index is -3.92. The maximum Gasteiger partial charge on any atom is 0.255 e. The highest BCUT2D eigenvalue weighted by Crippen LogP contribution is 2.28. The van der Waals surface area contributed by atoms with E-state index in [0.717, 1.165) is 32.5 Å². The van der Waals surface area contributed by atoms with Gasteiger partial charge in [-0.1, -0.05) is 71.7 Å². The molecule has 0 saturated heterocycles. The highest BCUT2D eigenvalue weighted by Gasteiger charge is 2.26. The van der Waals surface area contributed by atoms with Gasteiger partial charge in [-0.3, -0.25) is 4.79 Å². The predicted octanol–water partition coefficient (Wildman–Crippen LogP) is 5.74. The van der Waals surface area contributed by atoms with Crippen molar-refractivity contribution in [1.29, 1.82) is 0 Å². The Hall–Kier alpha value is -3.43. The number of halogens is 2. The van der Waals surface area contributed by atoms with E-state index in [1.807, 2.05) is 54.8 Å². The van der Waals surface area contributed by atoms with Gasteiger partial charge in [-0.25, -0.2) is 13.8 Å². The standard InChI is InChI=1S/C28H26Cl2N4O3S/c1-20-15-23(21(2)34(20)27-16-24(29)13-14-26(27)30)17-31-32-28(35)19-33(18-22-9-5-3-6-10-22)38(36,37)25-11-7-4-8-12-25/h3-17H,18-19H2,1-2H3,(H,32,35)/b31-17-. The summed E-state index contributed by atoms with van der Waals surface area (Å²) in [5.74, 6) is -0.566. The lowest BCUT2D eigenvalue weighted by atomic mass is 10.2. The Balaban J connectivity index is 1.52. The monoisotopic (exact) mass is 568 g/mol. The van der Waals surface area contributed by atoms with Crippen molar-refractivity contribution < 1.29 is 13.2 Å². The van der Waals surface area contributed by atoms with Gasteiger partial charge in [0.1, 0.15) is 0 Å². The molecular weight excluding hydrogens is 543 g/mol. The second kappa shape index (κ2) is 12.0. The normalized spacial score (nSPS) is 11.8. The maximum absolute atomic E-state index is 13.3. The van der Waals surface area contributed by atoms with Crippen molar-refractivity contribution in [3.05, 3.63) is 117 Å². The van der Waals surface area contributed by atoms with Crippen molar-refractivity contribution >= 4 is 45.3 Å². The minimum Gasteiger partial charge on any atom is -0.316 e. The molecule has 0 saturated carbocycles. The zero-order valence-corrected chi connectivity index (χ0v) is 23.1. The van der Waals surface area contributed by atoms with Gasteiger partial charge in [0.15, 0.2) is 0 Å². The summed E-state index contributed by atoms with van der Waals surface area (Å²) in [5, 5.41) is 5.19. The Morgan fingerprint density at radius 2 is 1.63 bits per heavy atom. The lowest BCUT2D eigenvalue weighted by Crippen LogP contribution is -2.39. The number of nitrogens with one attached hydrogen (secondary N) is 1. The Labute approximate surface area is 232 Å². The first-order valence-corrected chi connectivity index (χ1v) is 13.9. The third-order valence-corrected chi connectivity index (χ3v) is 8.28. The van der Waals surface area contributed by atoms with Crippen LogP contribution in [0.3, 0.4) is 0 Å². The summed E-state index contributed by atoms with van der Waals surface area (Å²) in [6, 6.07) is 24.3. The third kappa shape index (κ3) is 6.34. The summed E-state index contributed by atoms with van der Waals surface area (Å²) in [5.41, 5.74) is 6.47. The summed E-state index contributed by atoms with van der Waals surface area (Å²) in [6.45, 7) is 3.47. The Morgan fingerprint density at radius 1 is 0.974 bits per heavy atom. The molecule has 1 aromatic heterocycles. The molecule has 0 fully saturated rings. The van der Waals surface area contributed by atoms with E-state index in [2.05, 4.69) is 10.5 Å². The number of nitrogens with zero attached hydrogens (tertiary/aromatic N) is 3. The largest absolute Gasteiger partial charge is 0.316 e. The van der Waals surface area contributed by atoms with Crippen molar-refractivity contribution in [1.82, 2.24) is 14.3 Å². The van der Waals surface area contributed by atoms with Crippen LogP contribution in [0.1, 0.15) is 22.5 Å². The number of aromatic nitrogens is 1. The number of aryl methyl sites for hydroxylation is 1. The van der Waals surface area contributed by atoms with Crippen LogP contribution in [-0.2, 0) is 21.4 Å². The van der Waals surface area contributed by atoms with Gasteiger partial charge in [-0.2, -0.15) is 9.41 Å². The van der Waals surface area contributed by atoms with E-state index in [-0.39, 0.29) is 11.4 Å². The third-order valence-electron chi connectivity index (χ3n) is 5.91. The second-order valence-corrected chi connectivity index (χ2v) is 11.4. The molecule has 0 atom stereocenters. The number of amides is 1. The summed E-state index contributed by atoms with van der Waals surface area (Å²) >= 11 is 12.6. The van der Waals surface area contributed by atoms with Crippen molar-refractivity contribution in [3.63, 3.8) is 0 Å². The first-order valence-electron chi connectivity index (χ1n) is 11.7. The zero-order chi connectivity index (χ0) is 27.3. The second-order valence-electron chi connectivity index (χ2n) is 8.62. The number of sulfonamides is 1. The predicted molar refractivity (Wildman–Crippen MR) is 151 cm³/mol. The van der Waals surface area contributed by atoms with Crippen molar-refractivity contribution in [3.8, 4) is 5.69 Å². The highest BCUT2D eigenvalue weighted by atomic mass is 35.5. The Kier molecular flexibility index (Phi) is 8.69. The van der Waals surface area contributed by atoms with Crippen LogP contribution in [0.4, 0.5) is 0 Å². The average Bonchev–Trinajstić information content (AvgIpc) is 3.18. The molecule has 0 aliphatic heterocycles. The number of rotatable bonds is 9. The van der Waals surface area contributed by atoms with Crippen LogP contribution in [0.15, 0.2) is 94.9 Å². The van der Waals surface area contributed by atoms with Gasteiger partial charge < -0.3 is 4.57 Å². The first kappa shape index (κ1) is 27.6. The van der Waals surface area contributed by atoms with Crippen LogP contribution in [-0.4, -0.2) is 36.0 Å². The van der Waals surface area contributed by atoms with Crippen LogP contribution in [0.2, 0.25) is 10.0 Å². The number of benzene rings is 3. The molecule has 0 aliphatic rings. The SMILES string of the molecule is Cc1cc(/C=N\NC(=O)CN(Cc2ccccc2)S(=O)(=O)c2ccccc2)c(C)n1-c1cc(Cl)ccc1Cl. The van der Waals surface area contributed by atoms with Crippen LogP contribution in [0, 0.1) is 13.8 Å². The van der Waals surface area contributed by atoms with Gasteiger partial charge in [-0.05, 0) is 55.8 Å². The van der Waals surface area contributed by atoms with Gasteiger partial charge in [0, 0.05) is 28.5 Å². The summed E-state index contributed by atoms with van der Waals surface area (Å²) in [6.07, 6.45) is 1.52. The molecule has 1 N–H and O–H groups in total. The molecule has 1 heterocycles. The van der Waals surface area contributed by atoms with Gasteiger partial charge in [0.05, 0.1) is 28.4 Å². The van der Waals surface area contributed by atoms with E-state index < -0.39 is 22.5 Å². The summed E-state index contributed by atoms with van der Waals surface area (Å²) in [4.78, 5) is 12.9. The molecule has 0 aliphatic carbocycles. The van der Waals surface area contributed by atoms with Gasteiger partial charge in [0.25, 0.3) is 5.91 Å². The van der Waals surface area contributed by atoms with E-state index in [1.165, 1.54) is 18.3 Å². The smallest absolute Gasteiger partial charge is 0.255 e. The van der Waals surface area contributed by atoms with Crippen molar-refractivity contribution in [2.45, 2.75) is 25.3 Å². The number of hydrogen-bond acceptors (Lipinski definition) is 4. The van der Waals surface area contributed by atoms with E-state index >= 15 is 0 Å². The first-order chi connectivity index (χ1) is 18.2. The highest BCUT2D eigenvalue weighted by molar-refractivity contribution is 7.89. The molecule has 3 aromatic carbocycles. The van der Waals surface area contributed by atoms with Crippen LogP contribution in [0.5, 0.6) is 0 Å². The number of hydrogen-bond donors (Lipinski definition) is 1. The van der Waals surface area contributed by atoms with Crippen LogP contribution in [0.25, 0.3) is 5.69 Å². The van der Waals surface area contributed by atoms with Crippen molar-refractivity contribution in [2.75, 3.05) is 6.54 Å². The Bertz CT molecular complexity index is 1570. The lowest BCUT2D eigenvalue weighted by molar-refractivity contribution is -0.121. The fraction of sp³-hybridized carbons (Fsp3) is 0.143. The molecule has 10 heteroatoms. The molecule has 7 nitrogen and oxygen atoms in total. The van der Waals surface area contributed by atoms with Gasteiger partial charge in [-0.15, -0.1) is 0 Å². The maximum atomic E-state index is 13.3. The van der Waals surface area contributed by atoms with E-state index in [1.54, 1.807) is 36.4 Å². The number of hydrazone groups is 1. The Morgan fingerprint density at radius 3 is 2.32 bits per heavy atom. The molecule has 0 bridgehead atoms. The summed E-state index contributed by atoms with van der Waals surface area (Å²) < 4.78 is 29.7. The van der Waals surface area contributed by atoms with Crippen LogP contribution >= 0.6 is 23.2 Å². The topological polar surface area (TPSA) is 83.8 Å². The van der Waals surface area contributed by atoms with E-state index in [9.17, 15) is 13.2 Å². The van der Waals surface area contributed by atoms with Gasteiger partial charge in [0.2, 0.25) is 10.0 Å². The summed E-state index contributed by atoms with van der Waals surface area (Å²) in [7, 11) is -3.92.